The van der Waals surface area contributed by atoms with Crippen molar-refractivity contribution in [3.8, 4) is 5.75 Å². The van der Waals surface area contributed by atoms with Crippen LogP contribution in [0.3, 0.4) is 0 Å². The van der Waals surface area contributed by atoms with Crippen molar-refractivity contribution >= 4 is 0 Å². The van der Waals surface area contributed by atoms with Crippen LogP contribution in [0.15, 0.2) is 6.07 Å². The maximum Gasteiger partial charge on any atom is 0.122 e. The fourth-order valence-corrected chi connectivity index (χ4v) is 2.25. The van der Waals surface area contributed by atoms with Crippen LogP contribution < -0.4 is 0 Å². The van der Waals surface area contributed by atoms with Gasteiger partial charge in [-0.05, 0) is 41.4 Å². The van der Waals surface area contributed by atoms with Crippen LogP contribution in [0.25, 0.3) is 0 Å². The van der Waals surface area contributed by atoms with E-state index in [0.717, 1.165) is 11.1 Å². The molecule has 17 heavy (non-hydrogen) atoms. The van der Waals surface area contributed by atoms with Crippen molar-refractivity contribution < 1.29 is 5.11 Å². The maximum absolute atomic E-state index is 10.5. The molecule has 0 spiro atoms. The molecule has 0 saturated carbocycles. The van der Waals surface area contributed by atoms with Gasteiger partial charge in [-0.2, -0.15) is 0 Å². The first kappa shape index (κ1) is 14.1. The lowest BCUT2D eigenvalue weighted by molar-refractivity contribution is 0.431. The van der Waals surface area contributed by atoms with Gasteiger partial charge in [-0.1, -0.05) is 47.6 Å². The highest BCUT2D eigenvalue weighted by atomic mass is 16.3. The summed E-state index contributed by atoms with van der Waals surface area (Å²) in [5.74, 6) is 0.474. The standard InChI is InChI=1S/C16H26O/c1-10-9-12(15(3,4)5)13(16(6,7)8)14(17)11(10)2/h9,17H,1-8H3. The van der Waals surface area contributed by atoms with Crippen molar-refractivity contribution in [3.05, 3.63) is 28.3 Å². The van der Waals surface area contributed by atoms with Gasteiger partial charge in [0.25, 0.3) is 0 Å². The van der Waals surface area contributed by atoms with Crippen molar-refractivity contribution in [1.82, 2.24) is 0 Å². The third-order valence-electron chi connectivity index (χ3n) is 3.37. The van der Waals surface area contributed by atoms with Crippen LogP contribution in [0.2, 0.25) is 0 Å². The fraction of sp³-hybridized carbons (Fsp3) is 0.625. The Hall–Kier alpha value is -0.980. The predicted octanol–water partition coefficient (Wildman–Crippen LogP) is 4.60. The monoisotopic (exact) mass is 234 g/mol. The van der Waals surface area contributed by atoms with E-state index in [1.165, 1.54) is 11.1 Å². The summed E-state index contributed by atoms with van der Waals surface area (Å²) in [6, 6.07) is 2.23. The summed E-state index contributed by atoms with van der Waals surface area (Å²) >= 11 is 0. The lowest BCUT2D eigenvalue weighted by Gasteiger charge is -2.32. The smallest absolute Gasteiger partial charge is 0.122 e. The van der Waals surface area contributed by atoms with Gasteiger partial charge in [0.05, 0.1) is 0 Å². The molecule has 0 amide bonds. The number of hydrogen-bond acceptors (Lipinski definition) is 1. The minimum absolute atomic E-state index is 0.0366. The van der Waals surface area contributed by atoms with Crippen LogP contribution in [-0.4, -0.2) is 5.11 Å². The molecule has 1 heteroatoms. The van der Waals surface area contributed by atoms with Crippen LogP contribution in [0, 0.1) is 13.8 Å². The van der Waals surface area contributed by atoms with E-state index in [1.54, 1.807) is 0 Å². The Morgan fingerprint density at radius 3 is 1.71 bits per heavy atom. The molecule has 0 fully saturated rings. The highest BCUT2D eigenvalue weighted by Gasteiger charge is 2.29. The normalized spacial score (nSPS) is 12.9. The van der Waals surface area contributed by atoms with E-state index in [-0.39, 0.29) is 10.8 Å². The molecule has 0 unspecified atom stereocenters. The summed E-state index contributed by atoms with van der Waals surface area (Å²) < 4.78 is 0. The van der Waals surface area contributed by atoms with E-state index in [2.05, 4.69) is 54.5 Å². The summed E-state index contributed by atoms with van der Waals surface area (Å²) in [6.07, 6.45) is 0. The average molecular weight is 234 g/mol. The molecular weight excluding hydrogens is 208 g/mol. The van der Waals surface area contributed by atoms with E-state index in [0.29, 0.717) is 5.75 Å². The first-order chi connectivity index (χ1) is 7.46. The molecule has 0 heterocycles. The van der Waals surface area contributed by atoms with Gasteiger partial charge in [0.1, 0.15) is 5.75 Å². The number of phenols is 1. The first-order valence-corrected chi connectivity index (χ1v) is 6.30. The number of rotatable bonds is 0. The molecule has 96 valence electrons. The van der Waals surface area contributed by atoms with Gasteiger partial charge < -0.3 is 5.11 Å². The molecule has 0 aliphatic rings. The van der Waals surface area contributed by atoms with E-state index in [9.17, 15) is 5.11 Å². The molecule has 1 N–H and O–H groups in total. The Morgan fingerprint density at radius 2 is 1.35 bits per heavy atom. The largest absolute Gasteiger partial charge is 0.507 e. The molecule has 0 aliphatic heterocycles. The Kier molecular flexibility index (Phi) is 3.35. The maximum atomic E-state index is 10.5. The zero-order chi connectivity index (χ0) is 13.6. The SMILES string of the molecule is Cc1cc(C(C)(C)C)c(C(C)(C)C)c(O)c1C. The summed E-state index contributed by atoms with van der Waals surface area (Å²) in [5, 5.41) is 10.5. The molecule has 0 bridgehead atoms. The number of aryl methyl sites for hydroxylation is 1. The highest BCUT2D eigenvalue weighted by molar-refractivity contribution is 5.54. The molecule has 1 aromatic carbocycles. The average Bonchev–Trinajstić information content (AvgIpc) is 2.09. The minimum Gasteiger partial charge on any atom is -0.507 e. The van der Waals surface area contributed by atoms with E-state index in [1.807, 2.05) is 6.92 Å². The second-order valence-corrected chi connectivity index (χ2v) is 7.09. The van der Waals surface area contributed by atoms with E-state index < -0.39 is 0 Å². The summed E-state index contributed by atoms with van der Waals surface area (Å²) in [7, 11) is 0. The van der Waals surface area contributed by atoms with E-state index in [4.69, 9.17) is 0 Å². The molecule has 0 aliphatic carbocycles. The number of benzene rings is 1. The Labute approximate surface area is 106 Å². The van der Waals surface area contributed by atoms with Gasteiger partial charge >= 0.3 is 0 Å². The molecule has 0 radical (unpaired) electrons. The van der Waals surface area contributed by atoms with Crippen LogP contribution in [0.5, 0.6) is 5.75 Å². The minimum atomic E-state index is -0.0366. The van der Waals surface area contributed by atoms with Crippen molar-refractivity contribution in [3.63, 3.8) is 0 Å². The van der Waals surface area contributed by atoms with E-state index >= 15 is 0 Å². The van der Waals surface area contributed by atoms with Crippen molar-refractivity contribution in [2.24, 2.45) is 0 Å². The second kappa shape index (κ2) is 4.04. The van der Waals surface area contributed by atoms with Gasteiger partial charge in [0.2, 0.25) is 0 Å². The fourth-order valence-electron chi connectivity index (χ4n) is 2.25. The summed E-state index contributed by atoms with van der Waals surface area (Å²) in [5.41, 5.74) is 4.53. The van der Waals surface area contributed by atoms with Gasteiger partial charge in [-0.25, -0.2) is 0 Å². The lowest BCUT2D eigenvalue weighted by atomic mass is 9.73. The van der Waals surface area contributed by atoms with Gasteiger partial charge in [0, 0.05) is 5.56 Å². The second-order valence-electron chi connectivity index (χ2n) is 7.09. The molecule has 0 aromatic heterocycles. The number of aromatic hydroxyl groups is 1. The third-order valence-corrected chi connectivity index (χ3v) is 3.37. The van der Waals surface area contributed by atoms with Crippen molar-refractivity contribution in [1.29, 1.82) is 0 Å². The van der Waals surface area contributed by atoms with Crippen LogP contribution in [0.1, 0.15) is 63.8 Å². The molecule has 0 saturated heterocycles. The van der Waals surface area contributed by atoms with Crippen LogP contribution in [-0.2, 0) is 10.8 Å². The first-order valence-electron chi connectivity index (χ1n) is 6.30. The molecule has 1 rings (SSSR count). The van der Waals surface area contributed by atoms with Crippen LogP contribution in [0.4, 0.5) is 0 Å². The van der Waals surface area contributed by atoms with Crippen LogP contribution >= 0.6 is 0 Å². The lowest BCUT2D eigenvalue weighted by Crippen LogP contribution is -2.22. The molecule has 1 aromatic rings. The van der Waals surface area contributed by atoms with Crippen molar-refractivity contribution in [2.75, 3.05) is 0 Å². The van der Waals surface area contributed by atoms with Gasteiger partial charge in [0.15, 0.2) is 0 Å². The predicted molar refractivity (Wildman–Crippen MR) is 75.0 cm³/mol. The molecule has 0 atom stereocenters. The zero-order valence-electron chi connectivity index (χ0n) is 12.5. The summed E-state index contributed by atoms with van der Waals surface area (Å²) in [6.45, 7) is 17.1. The Balaban J connectivity index is 3.71. The topological polar surface area (TPSA) is 20.2 Å². The third kappa shape index (κ3) is 2.65. The van der Waals surface area contributed by atoms with Gasteiger partial charge in [-0.3, -0.25) is 0 Å². The summed E-state index contributed by atoms with van der Waals surface area (Å²) in [4.78, 5) is 0. The number of hydrogen-bond donors (Lipinski definition) is 1. The number of phenolic OH excluding ortho intramolecular Hbond substituents is 1. The quantitative estimate of drug-likeness (QED) is 0.695. The van der Waals surface area contributed by atoms with Gasteiger partial charge in [-0.15, -0.1) is 0 Å². The molecule has 1 nitrogen and oxygen atoms in total. The Bertz CT molecular complexity index is 428. The highest BCUT2D eigenvalue weighted by Crippen LogP contribution is 2.42. The molecular formula is C16H26O. The van der Waals surface area contributed by atoms with Crippen molar-refractivity contribution in [2.45, 2.75) is 66.2 Å². The Morgan fingerprint density at radius 1 is 0.882 bits per heavy atom. The zero-order valence-corrected chi connectivity index (χ0v) is 12.5.